The molecule has 2 aromatic carbocycles. The minimum Gasteiger partial charge on any atom is -0.444 e. The van der Waals surface area contributed by atoms with E-state index in [2.05, 4.69) is 0 Å². The molecule has 7 nitrogen and oxygen atoms in total. The van der Waals surface area contributed by atoms with Gasteiger partial charge in [-0.2, -0.15) is 8.42 Å². The predicted octanol–water partition coefficient (Wildman–Crippen LogP) is 4.30. The standard InChI is InChI=1S/C24H31NO6S/c1-18-10-12-22(13-11-18)32(27,28)30-17-20-14-21(29-16-19-8-6-5-7-9-19)15-25(20)23(26)31-24(2,3)4/h5-13,20-21H,14-17H2,1-4H3/t20-,21+/m1/s1. The molecular formula is C24H31NO6S. The normalized spacial score (nSPS) is 19.2. The Labute approximate surface area is 190 Å². The fraction of sp³-hybridized carbons (Fsp3) is 0.458. The number of hydrogen-bond donors (Lipinski definition) is 0. The molecule has 174 valence electrons. The van der Waals surface area contributed by atoms with Gasteiger partial charge in [0.2, 0.25) is 0 Å². The van der Waals surface area contributed by atoms with Crippen molar-refractivity contribution in [2.45, 2.75) is 63.4 Å². The lowest BCUT2D eigenvalue weighted by atomic mass is 10.2. The average Bonchev–Trinajstić information content (AvgIpc) is 3.14. The zero-order valence-electron chi connectivity index (χ0n) is 19.0. The Balaban J connectivity index is 1.68. The monoisotopic (exact) mass is 461 g/mol. The smallest absolute Gasteiger partial charge is 0.410 e. The molecule has 8 heteroatoms. The van der Waals surface area contributed by atoms with Crippen molar-refractivity contribution in [1.82, 2.24) is 4.90 Å². The third-order valence-corrected chi connectivity index (χ3v) is 6.35. The molecule has 2 aromatic rings. The Hall–Kier alpha value is -2.42. The number of amides is 1. The van der Waals surface area contributed by atoms with Gasteiger partial charge in [-0.05, 0) is 51.8 Å². The molecule has 0 aromatic heterocycles. The summed E-state index contributed by atoms with van der Waals surface area (Å²) in [4.78, 5) is 14.4. The van der Waals surface area contributed by atoms with Gasteiger partial charge in [-0.25, -0.2) is 4.79 Å². The summed E-state index contributed by atoms with van der Waals surface area (Å²) in [6, 6.07) is 15.7. The number of aryl methyl sites for hydroxylation is 1. The molecule has 0 aliphatic carbocycles. The van der Waals surface area contributed by atoms with Crippen molar-refractivity contribution in [3.63, 3.8) is 0 Å². The maximum absolute atomic E-state index is 12.8. The van der Waals surface area contributed by atoms with Crippen molar-refractivity contribution in [2.75, 3.05) is 13.2 Å². The maximum atomic E-state index is 12.8. The van der Waals surface area contributed by atoms with Crippen LogP contribution >= 0.6 is 0 Å². The number of benzene rings is 2. The van der Waals surface area contributed by atoms with E-state index >= 15 is 0 Å². The Bertz CT molecular complexity index is 999. The van der Waals surface area contributed by atoms with Gasteiger partial charge in [-0.15, -0.1) is 0 Å². The van der Waals surface area contributed by atoms with Crippen LogP contribution in [0.4, 0.5) is 4.79 Å². The van der Waals surface area contributed by atoms with Crippen molar-refractivity contribution in [3.05, 3.63) is 65.7 Å². The van der Waals surface area contributed by atoms with Gasteiger partial charge >= 0.3 is 6.09 Å². The van der Waals surface area contributed by atoms with Gasteiger partial charge in [-0.3, -0.25) is 4.18 Å². The molecule has 0 unspecified atom stereocenters. The third kappa shape index (κ3) is 6.79. The summed E-state index contributed by atoms with van der Waals surface area (Å²) in [5.74, 6) is 0. The lowest BCUT2D eigenvalue weighted by Crippen LogP contribution is -2.42. The summed E-state index contributed by atoms with van der Waals surface area (Å²) in [5, 5.41) is 0. The minimum absolute atomic E-state index is 0.0850. The SMILES string of the molecule is Cc1ccc(S(=O)(=O)OC[C@H]2C[C@H](OCc3ccccc3)CN2C(=O)OC(C)(C)C)cc1. The van der Waals surface area contributed by atoms with E-state index in [1.165, 1.54) is 17.0 Å². The lowest BCUT2D eigenvalue weighted by Gasteiger charge is -2.28. The van der Waals surface area contributed by atoms with Crippen LogP contribution in [0.5, 0.6) is 0 Å². The number of ether oxygens (including phenoxy) is 2. The van der Waals surface area contributed by atoms with Gasteiger partial charge in [0.05, 0.1) is 36.8 Å². The second-order valence-electron chi connectivity index (χ2n) is 8.99. The fourth-order valence-corrected chi connectivity index (χ4v) is 4.37. The Morgan fingerprint density at radius 3 is 2.34 bits per heavy atom. The average molecular weight is 462 g/mol. The van der Waals surface area contributed by atoms with Crippen molar-refractivity contribution in [2.24, 2.45) is 0 Å². The summed E-state index contributed by atoms with van der Waals surface area (Å²) in [6.45, 7) is 7.79. The van der Waals surface area contributed by atoms with E-state index in [0.717, 1.165) is 11.1 Å². The van der Waals surface area contributed by atoms with Gasteiger partial charge in [0.1, 0.15) is 5.60 Å². The predicted molar refractivity (Wildman–Crippen MR) is 121 cm³/mol. The second-order valence-corrected chi connectivity index (χ2v) is 10.6. The number of likely N-dealkylation sites (tertiary alicyclic amines) is 1. The van der Waals surface area contributed by atoms with Crippen molar-refractivity contribution in [3.8, 4) is 0 Å². The molecule has 0 spiro atoms. The van der Waals surface area contributed by atoms with Gasteiger partial charge in [0, 0.05) is 0 Å². The lowest BCUT2D eigenvalue weighted by molar-refractivity contribution is 0.0128. The highest BCUT2D eigenvalue weighted by atomic mass is 32.2. The van der Waals surface area contributed by atoms with E-state index in [1.54, 1.807) is 32.9 Å². The molecule has 1 fully saturated rings. The summed E-state index contributed by atoms with van der Waals surface area (Å²) in [7, 11) is -3.94. The molecule has 1 amide bonds. The molecule has 1 aliphatic heterocycles. The molecule has 0 N–H and O–H groups in total. The Morgan fingerprint density at radius 1 is 1.06 bits per heavy atom. The van der Waals surface area contributed by atoms with Crippen LogP contribution in [0, 0.1) is 6.92 Å². The van der Waals surface area contributed by atoms with Gasteiger partial charge < -0.3 is 14.4 Å². The van der Waals surface area contributed by atoms with Crippen LogP contribution < -0.4 is 0 Å². The highest BCUT2D eigenvalue weighted by molar-refractivity contribution is 7.86. The summed E-state index contributed by atoms with van der Waals surface area (Å²) in [6.07, 6.45) is -0.307. The van der Waals surface area contributed by atoms with Crippen LogP contribution in [0.3, 0.4) is 0 Å². The van der Waals surface area contributed by atoms with Crippen LogP contribution in [0.25, 0.3) is 0 Å². The highest BCUT2D eigenvalue weighted by Gasteiger charge is 2.39. The van der Waals surface area contributed by atoms with E-state index < -0.39 is 27.9 Å². The van der Waals surface area contributed by atoms with Gasteiger partial charge in [-0.1, -0.05) is 48.0 Å². The molecule has 2 atom stereocenters. The number of carbonyl (C=O) groups excluding carboxylic acids is 1. The fourth-order valence-electron chi connectivity index (χ4n) is 3.43. The van der Waals surface area contributed by atoms with Gasteiger partial charge in [0.15, 0.2) is 0 Å². The Kier molecular flexibility index (Phi) is 7.59. The second kappa shape index (κ2) is 10.0. The maximum Gasteiger partial charge on any atom is 0.410 e. The molecule has 1 aliphatic rings. The van der Waals surface area contributed by atoms with E-state index in [9.17, 15) is 13.2 Å². The zero-order valence-corrected chi connectivity index (χ0v) is 19.8. The van der Waals surface area contributed by atoms with Crippen LogP contribution in [0.15, 0.2) is 59.5 Å². The molecule has 3 rings (SSSR count). The summed E-state index contributed by atoms with van der Waals surface area (Å²) in [5.41, 5.74) is 1.31. The van der Waals surface area contributed by atoms with E-state index in [4.69, 9.17) is 13.7 Å². The quantitative estimate of drug-likeness (QED) is 0.572. The van der Waals surface area contributed by atoms with Crippen LogP contribution in [-0.4, -0.2) is 50.3 Å². The van der Waals surface area contributed by atoms with Crippen LogP contribution in [0.2, 0.25) is 0 Å². The van der Waals surface area contributed by atoms with Crippen LogP contribution in [0.1, 0.15) is 38.3 Å². The van der Waals surface area contributed by atoms with E-state index in [1.807, 2.05) is 37.3 Å². The summed E-state index contributed by atoms with van der Waals surface area (Å²) < 4.78 is 42.1. The first kappa shape index (κ1) is 24.2. The first-order chi connectivity index (χ1) is 15.0. The van der Waals surface area contributed by atoms with Crippen molar-refractivity contribution < 1.29 is 26.9 Å². The van der Waals surface area contributed by atoms with Crippen LogP contribution in [-0.2, 0) is 30.4 Å². The Morgan fingerprint density at radius 2 is 1.72 bits per heavy atom. The molecule has 0 radical (unpaired) electrons. The van der Waals surface area contributed by atoms with Crippen molar-refractivity contribution in [1.29, 1.82) is 0 Å². The number of hydrogen-bond acceptors (Lipinski definition) is 6. The van der Waals surface area contributed by atoms with E-state index in [-0.39, 0.29) is 17.6 Å². The number of rotatable bonds is 7. The minimum atomic E-state index is -3.94. The molecular weight excluding hydrogens is 430 g/mol. The third-order valence-electron chi connectivity index (χ3n) is 5.06. The molecule has 0 bridgehead atoms. The van der Waals surface area contributed by atoms with Crippen molar-refractivity contribution >= 4 is 16.2 Å². The number of carbonyl (C=O) groups is 1. The molecule has 0 saturated carbocycles. The number of nitrogens with zero attached hydrogens (tertiary/aromatic N) is 1. The summed E-state index contributed by atoms with van der Waals surface area (Å²) >= 11 is 0. The first-order valence-corrected chi connectivity index (χ1v) is 12.1. The highest BCUT2D eigenvalue weighted by Crippen LogP contribution is 2.26. The molecule has 1 heterocycles. The topological polar surface area (TPSA) is 82.1 Å². The van der Waals surface area contributed by atoms with Gasteiger partial charge in [0.25, 0.3) is 10.1 Å². The first-order valence-electron chi connectivity index (χ1n) is 10.6. The molecule has 32 heavy (non-hydrogen) atoms. The zero-order chi connectivity index (χ0) is 23.4. The molecule has 1 saturated heterocycles. The largest absolute Gasteiger partial charge is 0.444 e. The van der Waals surface area contributed by atoms with E-state index in [0.29, 0.717) is 19.6 Å².